The smallest absolute Gasteiger partial charge is 0.355 e. The number of aryl methyl sites for hydroxylation is 1. The fourth-order valence-corrected chi connectivity index (χ4v) is 2.46. The van der Waals surface area contributed by atoms with Gasteiger partial charge in [0.25, 0.3) is 0 Å². The van der Waals surface area contributed by atoms with E-state index in [-0.39, 0.29) is 31.7 Å². The van der Waals surface area contributed by atoms with Crippen molar-refractivity contribution >= 4 is 28.8 Å². The van der Waals surface area contributed by atoms with Crippen molar-refractivity contribution < 1.29 is 29.0 Å². The zero-order chi connectivity index (χ0) is 17.7. The lowest BCUT2D eigenvalue weighted by molar-refractivity contribution is -0.136. The molecular weight excluding hydrogens is 314 g/mol. The molecule has 128 valence electrons. The molecule has 0 amide bonds. The van der Waals surface area contributed by atoms with Crippen LogP contribution in [0.3, 0.4) is 0 Å². The van der Waals surface area contributed by atoms with Crippen molar-refractivity contribution in [1.29, 1.82) is 0 Å². The molecule has 0 bridgehead atoms. The van der Waals surface area contributed by atoms with E-state index in [1.54, 1.807) is 32.0 Å². The number of esters is 2. The summed E-state index contributed by atoms with van der Waals surface area (Å²) >= 11 is 0. The number of ether oxygens (including phenoxy) is 2. The van der Waals surface area contributed by atoms with Crippen LogP contribution in [0.15, 0.2) is 18.2 Å². The first-order chi connectivity index (χ1) is 11.5. The lowest BCUT2D eigenvalue weighted by atomic mass is 10.0. The van der Waals surface area contributed by atoms with Crippen LogP contribution >= 0.6 is 0 Å². The van der Waals surface area contributed by atoms with E-state index in [0.717, 1.165) is 0 Å². The summed E-state index contributed by atoms with van der Waals surface area (Å²) in [6.45, 7) is 3.87. The fourth-order valence-electron chi connectivity index (χ4n) is 2.46. The van der Waals surface area contributed by atoms with Crippen LogP contribution < -0.4 is 0 Å². The van der Waals surface area contributed by atoms with Gasteiger partial charge in [-0.05, 0) is 44.0 Å². The first-order valence-electron chi connectivity index (χ1n) is 7.68. The Hall–Kier alpha value is -2.83. The van der Waals surface area contributed by atoms with Crippen molar-refractivity contribution in [2.75, 3.05) is 13.2 Å². The van der Waals surface area contributed by atoms with Gasteiger partial charge in [0, 0.05) is 17.3 Å². The lowest BCUT2D eigenvalue weighted by Gasteiger charge is -2.04. The van der Waals surface area contributed by atoms with Gasteiger partial charge < -0.3 is 19.6 Å². The Bertz CT molecular complexity index is 777. The van der Waals surface area contributed by atoms with Crippen molar-refractivity contribution in [2.45, 2.75) is 26.7 Å². The number of H-pyrrole nitrogens is 1. The maximum Gasteiger partial charge on any atom is 0.355 e. The average molecular weight is 333 g/mol. The van der Waals surface area contributed by atoms with Gasteiger partial charge in [-0.25, -0.2) is 9.59 Å². The number of carboxylic acids is 1. The van der Waals surface area contributed by atoms with E-state index in [9.17, 15) is 14.4 Å². The van der Waals surface area contributed by atoms with Gasteiger partial charge in [-0.3, -0.25) is 4.79 Å². The molecule has 0 saturated heterocycles. The second kappa shape index (κ2) is 7.63. The molecule has 7 heteroatoms. The maximum atomic E-state index is 12.1. The molecule has 0 aliphatic carbocycles. The SMILES string of the molecule is CCOC(=O)c1ccc2[nH]c(C(=O)OCC)c(CCC(=O)O)c2c1. The number of aliphatic carboxylic acids is 1. The number of benzene rings is 1. The van der Waals surface area contributed by atoms with E-state index in [4.69, 9.17) is 14.6 Å². The number of aromatic nitrogens is 1. The number of carbonyl (C=O) groups excluding carboxylic acids is 2. The monoisotopic (exact) mass is 333 g/mol. The van der Waals surface area contributed by atoms with Crippen LogP contribution in [0.25, 0.3) is 10.9 Å². The van der Waals surface area contributed by atoms with Gasteiger partial charge in [-0.2, -0.15) is 0 Å². The van der Waals surface area contributed by atoms with Gasteiger partial charge in [0.1, 0.15) is 5.69 Å². The van der Waals surface area contributed by atoms with Gasteiger partial charge in [0.05, 0.1) is 18.8 Å². The predicted octanol–water partition coefficient (Wildman–Crippen LogP) is 2.54. The van der Waals surface area contributed by atoms with Crippen molar-refractivity contribution in [3.63, 3.8) is 0 Å². The van der Waals surface area contributed by atoms with Crippen molar-refractivity contribution in [3.8, 4) is 0 Å². The number of aromatic amines is 1. The molecule has 1 heterocycles. The third-order valence-electron chi connectivity index (χ3n) is 3.49. The van der Waals surface area contributed by atoms with Gasteiger partial charge in [0.15, 0.2) is 0 Å². The standard InChI is InChI=1S/C17H19NO6/c1-3-23-16(21)10-5-7-13-12(9-10)11(6-8-14(19)20)15(18-13)17(22)24-4-2/h5,7,9,18H,3-4,6,8H2,1-2H3,(H,19,20). The molecule has 7 nitrogen and oxygen atoms in total. The molecule has 24 heavy (non-hydrogen) atoms. The molecule has 0 saturated carbocycles. The Morgan fingerprint density at radius 2 is 1.75 bits per heavy atom. The summed E-state index contributed by atoms with van der Waals surface area (Å²) in [6.07, 6.45) is 0.0127. The molecule has 1 aromatic carbocycles. The summed E-state index contributed by atoms with van der Waals surface area (Å²) < 4.78 is 9.98. The summed E-state index contributed by atoms with van der Waals surface area (Å²) in [7, 11) is 0. The minimum absolute atomic E-state index is 0.136. The topological polar surface area (TPSA) is 106 Å². The van der Waals surface area contributed by atoms with Crippen molar-refractivity contribution in [2.24, 2.45) is 0 Å². The number of carboxylic acid groups (broad SMARTS) is 1. The number of hydrogen-bond donors (Lipinski definition) is 2. The fraction of sp³-hybridized carbons (Fsp3) is 0.353. The van der Waals surface area contributed by atoms with Gasteiger partial charge >= 0.3 is 17.9 Å². The van der Waals surface area contributed by atoms with Crippen LogP contribution in [0, 0.1) is 0 Å². The summed E-state index contributed by atoms with van der Waals surface area (Å²) in [5.41, 5.74) is 1.72. The van der Waals surface area contributed by atoms with Crippen LogP contribution in [0.1, 0.15) is 46.7 Å². The van der Waals surface area contributed by atoms with Gasteiger partial charge in [-0.1, -0.05) is 0 Å². The summed E-state index contributed by atoms with van der Waals surface area (Å²) in [4.78, 5) is 37.8. The summed E-state index contributed by atoms with van der Waals surface area (Å²) in [6, 6.07) is 4.85. The molecule has 1 aromatic heterocycles. The number of nitrogens with one attached hydrogen (secondary N) is 1. The van der Waals surface area contributed by atoms with E-state index in [1.807, 2.05) is 0 Å². The highest BCUT2D eigenvalue weighted by atomic mass is 16.5. The first-order valence-corrected chi connectivity index (χ1v) is 7.68. The van der Waals surface area contributed by atoms with Crippen LogP contribution in [0.4, 0.5) is 0 Å². The number of fused-ring (bicyclic) bond motifs is 1. The van der Waals surface area contributed by atoms with E-state index in [1.165, 1.54) is 0 Å². The Labute approximate surface area is 138 Å². The average Bonchev–Trinajstić information content (AvgIpc) is 2.91. The number of rotatable bonds is 7. The summed E-state index contributed by atoms with van der Waals surface area (Å²) in [5, 5.41) is 9.55. The highest BCUT2D eigenvalue weighted by Gasteiger charge is 2.20. The van der Waals surface area contributed by atoms with E-state index in [2.05, 4.69) is 4.98 Å². The largest absolute Gasteiger partial charge is 0.481 e. The van der Waals surface area contributed by atoms with Gasteiger partial charge in [-0.15, -0.1) is 0 Å². The van der Waals surface area contributed by atoms with Crippen LogP contribution in [0.5, 0.6) is 0 Å². The minimum Gasteiger partial charge on any atom is -0.481 e. The Kier molecular flexibility index (Phi) is 5.57. The van der Waals surface area contributed by atoms with Crippen LogP contribution in [-0.2, 0) is 20.7 Å². The quantitative estimate of drug-likeness (QED) is 0.754. The van der Waals surface area contributed by atoms with E-state index < -0.39 is 17.9 Å². The highest BCUT2D eigenvalue weighted by Crippen LogP contribution is 2.26. The van der Waals surface area contributed by atoms with Gasteiger partial charge in [0.2, 0.25) is 0 Å². The second-order valence-corrected chi connectivity index (χ2v) is 5.07. The molecule has 0 atom stereocenters. The second-order valence-electron chi connectivity index (χ2n) is 5.07. The predicted molar refractivity (Wildman–Crippen MR) is 86.2 cm³/mol. The Morgan fingerprint density at radius 3 is 2.38 bits per heavy atom. The molecule has 0 fully saturated rings. The third kappa shape index (κ3) is 3.73. The van der Waals surface area contributed by atoms with E-state index in [0.29, 0.717) is 22.0 Å². The number of carbonyl (C=O) groups is 3. The molecular formula is C17H19NO6. The summed E-state index contributed by atoms with van der Waals surface area (Å²) in [5.74, 6) is -1.99. The van der Waals surface area contributed by atoms with E-state index >= 15 is 0 Å². The lowest BCUT2D eigenvalue weighted by Crippen LogP contribution is -2.09. The molecule has 0 aliphatic heterocycles. The van der Waals surface area contributed by atoms with Crippen molar-refractivity contribution in [1.82, 2.24) is 4.98 Å². The van der Waals surface area contributed by atoms with Crippen molar-refractivity contribution in [3.05, 3.63) is 35.0 Å². The number of hydrogen-bond acceptors (Lipinski definition) is 5. The zero-order valence-electron chi connectivity index (χ0n) is 13.5. The molecule has 2 rings (SSSR count). The molecule has 2 N–H and O–H groups in total. The molecule has 0 radical (unpaired) electrons. The van der Waals surface area contributed by atoms with Crippen LogP contribution in [-0.4, -0.2) is 41.2 Å². The van der Waals surface area contributed by atoms with Crippen LogP contribution in [0.2, 0.25) is 0 Å². The Morgan fingerprint density at radius 1 is 1.08 bits per heavy atom. The Balaban J connectivity index is 2.52. The zero-order valence-corrected chi connectivity index (χ0v) is 13.5. The first kappa shape index (κ1) is 17.5. The minimum atomic E-state index is -0.972. The maximum absolute atomic E-state index is 12.1. The molecule has 0 unspecified atom stereocenters. The normalized spacial score (nSPS) is 10.6. The molecule has 2 aromatic rings. The molecule has 0 spiro atoms. The third-order valence-corrected chi connectivity index (χ3v) is 3.49. The highest BCUT2D eigenvalue weighted by molar-refractivity contribution is 6.01. The molecule has 0 aliphatic rings.